The summed E-state index contributed by atoms with van der Waals surface area (Å²) in [6, 6.07) is 9.96. The van der Waals surface area contributed by atoms with Crippen LogP contribution in [0.25, 0.3) is 0 Å². The minimum Gasteiger partial charge on any atom is -0.445 e. The smallest absolute Gasteiger partial charge is 0.407 e. The van der Waals surface area contributed by atoms with Crippen LogP contribution in [0.15, 0.2) is 30.3 Å². The molecule has 0 heterocycles. The SMILES string of the molecule is C[C@@H](NC(=O)OCc1ccccc1)C1CCCC1. The van der Waals surface area contributed by atoms with Crippen molar-refractivity contribution in [3.63, 3.8) is 0 Å². The van der Waals surface area contributed by atoms with Crippen molar-refractivity contribution in [2.75, 3.05) is 0 Å². The summed E-state index contributed by atoms with van der Waals surface area (Å²) in [4.78, 5) is 11.7. The number of carbonyl (C=O) groups is 1. The Labute approximate surface area is 109 Å². The summed E-state index contributed by atoms with van der Waals surface area (Å²) >= 11 is 0. The average Bonchev–Trinajstić information content (AvgIpc) is 2.91. The minimum atomic E-state index is -0.307. The van der Waals surface area contributed by atoms with E-state index in [1.807, 2.05) is 30.3 Å². The zero-order chi connectivity index (χ0) is 12.8. The van der Waals surface area contributed by atoms with Gasteiger partial charge in [0.15, 0.2) is 0 Å². The Morgan fingerprint density at radius 1 is 1.33 bits per heavy atom. The molecule has 0 unspecified atom stereocenters. The second kappa shape index (κ2) is 6.43. The molecule has 0 aliphatic heterocycles. The van der Waals surface area contributed by atoms with Gasteiger partial charge in [-0.25, -0.2) is 4.79 Å². The molecule has 0 aromatic heterocycles. The van der Waals surface area contributed by atoms with E-state index in [0.29, 0.717) is 12.5 Å². The molecule has 0 bridgehead atoms. The highest BCUT2D eigenvalue weighted by molar-refractivity contribution is 5.67. The van der Waals surface area contributed by atoms with Gasteiger partial charge in [-0.3, -0.25) is 0 Å². The Balaban J connectivity index is 1.71. The number of carbonyl (C=O) groups excluding carboxylic acids is 1. The van der Waals surface area contributed by atoms with Crippen molar-refractivity contribution in [1.29, 1.82) is 0 Å². The largest absolute Gasteiger partial charge is 0.445 e. The van der Waals surface area contributed by atoms with E-state index < -0.39 is 0 Å². The van der Waals surface area contributed by atoms with Gasteiger partial charge in [-0.1, -0.05) is 43.2 Å². The van der Waals surface area contributed by atoms with Gasteiger partial charge in [0.2, 0.25) is 0 Å². The van der Waals surface area contributed by atoms with Gasteiger partial charge in [-0.05, 0) is 31.2 Å². The summed E-state index contributed by atoms with van der Waals surface area (Å²) in [5.41, 5.74) is 1.01. The highest BCUT2D eigenvalue weighted by Gasteiger charge is 2.23. The number of ether oxygens (including phenoxy) is 1. The third-order valence-electron chi connectivity index (χ3n) is 3.67. The van der Waals surface area contributed by atoms with Gasteiger partial charge in [0, 0.05) is 6.04 Å². The fourth-order valence-corrected chi connectivity index (χ4v) is 2.53. The van der Waals surface area contributed by atoms with Crippen LogP contribution in [0.2, 0.25) is 0 Å². The molecule has 1 fully saturated rings. The molecule has 2 rings (SSSR count). The van der Waals surface area contributed by atoms with Crippen LogP contribution in [0.4, 0.5) is 4.79 Å². The zero-order valence-electron chi connectivity index (χ0n) is 10.9. The van der Waals surface area contributed by atoms with Crippen LogP contribution in [-0.2, 0) is 11.3 Å². The quantitative estimate of drug-likeness (QED) is 0.884. The van der Waals surface area contributed by atoms with Crippen molar-refractivity contribution in [3.05, 3.63) is 35.9 Å². The highest BCUT2D eigenvalue weighted by Crippen LogP contribution is 2.27. The van der Waals surface area contributed by atoms with Gasteiger partial charge in [-0.15, -0.1) is 0 Å². The predicted octanol–water partition coefficient (Wildman–Crippen LogP) is 3.49. The summed E-state index contributed by atoms with van der Waals surface area (Å²) in [7, 11) is 0. The molecule has 1 amide bonds. The average molecular weight is 247 g/mol. The van der Waals surface area contributed by atoms with Crippen molar-refractivity contribution in [2.24, 2.45) is 5.92 Å². The third-order valence-corrected chi connectivity index (χ3v) is 3.67. The molecule has 0 spiro atoms. The normalized spacial score (nSPS) is 17.4. The first-order valence-electron chi connectivity index (χ1n) is 6.73. The number of hydrogen-bond acceptors (Lipinski definition) is 2. The maximum atomic E-state index is 11.7. The molecule has 1 aromatic carbocycles. The number of nitrogens with one attached hydrogen (secondary N) is 1. The van der Waals surface area contributed by atoms with E-state index in [9.17, 15) is 4.79 Å². The molecule has 3 nitrogen and oxygen atoms in total. The zero-order valence-corrected chi connectivity index (χ0v) is 10.9. The molecule has 1 saturated carbocycles. The van der Waals surface area contributed by atoms with E-state index in [-0.39, 0.29) is 12.1 Å². The lowest BCUT2D eigenvalue weighted by atomic mass is 10.0. The van der Waals surface area contributed by atoms with Crippen LogP contribution < -0.4 is 5.32 Å². The first-order valence-corrected chi connectivity index (χ1v) is 6.73. The monoisotopic (exact) mass is 247 g/mol. The van der Waals surface area contributed by atoms with Crippen LogP contribution in [-0.4, -0.2) is 12.1 Å². The summed E-state index contributed by atoms with van der Waals surface area (Å²) in [6.45, 7) is 2.41. The second-order valence-electron chi connectivity index (χ2n) is 5.04. The molecule has 1 atom stereocenters. The number of alkyl carbamates (subject to hydrolysis) is 1. The van der Waals surface area contributed by atoms with E-state index in [1.54, 1.807) is 0 Å². The van der Waals surface area contributed by atoms with Gasteiger partial charge >= 0.3 is 6.09 Å². The van der Waals surface area contributed by atoms with Gasteiger partial charge < -0.3 is 10.1 Å². The van der Waals surface area contributed by atoms with Crippen molar-refractivity contribution < 1.29 is 9.53 Å². The number of rotatable bonds is 4. The first-order chi connectivity index (χ1) is 8.75. The van der Waals surface area contributed by atoms with Crippen molar-refractivity contribution in [2.45, 2.75) is 45.3 Å². The Morgan fingerprint density at radius 3 is 2.67 bits per heavy atom. The van der Waals surface area contributed by atoms with E-state index >= 15 is 0 Å². The van der Waals surface area contributed by atoms with Gasteiger partial charge in [0.25, 0.3) is 0 Å². The Bertz CT molecular complexity index is 371. The Morgan fingerprint density at radius 2 is 2.00 bits per heavy atom. The summed E-state index contributed by atoms with van der Waals surface area (Å²) in [6.07, 6.45) is 4.71. The van der Waals surface area contributed by atoms with E-state index in [1.165, 1.54) is 25.7 Å². The lowest BCUT2D eigenvalue weighted by molar-refractivity contribution is 0.133. The summed E-state index contributed by atoms with van der Waals surface area (Å²) in [5, 5.41) is 2.93. The molecule has 0 saturated heterocycles. The molecule has 18 heavy (non-hydrogen) atoms. The lowest BCUT2D eigenvalue weighted by Crippen LogP contribution is -2.37. The van der Waals surface area contributed by atoms with Crippen LogP contribution in [0, 0.1) is 5.92 Å². The van der Waals surface area contributed by atoms with Crippen molar-refractivity contribution in [3.8, 4) is 0 Å². The number of benzene rings is 1. The fraction of sp³-hybridized carbons (Fsp3) is 0.533. The van der Waals surface area contributed by atoms with E-state index in [2.05, 4.69) is 12.2 Å². The molecular weight excluding hydrogens is 226 g/mol. The number of hydrogen-bond donors (Lipinski definition) is 1. The van der Waals surface area contributed by atoms with E-state index in [4.69, 9.17) is 4.74 Å². The van der Waals surface area contributed by atoms with Crippen LogP contribution in [0.5, 0.6) is 0 Å². The van der Waals surface area contributed by atoms with Gasteiger partial charge in [0.1, 0.15) is 6.61 Å². The summed E-state index contributed by atoms with van der Waals surface area (Å²) in [5.74, 6) is 0.620. The maximum Gasteiger partial charge on any atom is 0.407 e. The number of amides is 1. The maximum absolute atomic E-state index is 11.7. The lowest BCUT2D eigenvalue weighted by Gasteiger charge is -2.19. The van der Waals surface area contributed by atoms with Crippen molar-refractivity contribution >= 4 is 6.09 Å². The second-order valence-corrected chi connectivity index (χ2v) is 5.04. The first kappa shape index (κ1) is 12.9. The topological polar surface area (TPSA) is 38.3 Å². The molecule has 1 aliphatic rings. The predicted molar refractivity (Wildman–Crippen MR) is 71.2 cm³/mol. The molecule has 1 aromatic rings. The molecule has 3 heteroatoms. The molecular formula is C15H21NO2. The molecule has 0 radical (unpaired) electrons. The Kier molecular flexibility index (Phi) is 4.62. The minimum absolute atomic E-state index is 0.218. The van der Waals surface area contributed by atoms with Crippen LogP contribution in [0.3, 0.4) is 0 Å². The summed E-state index contributed by atoms with van der Waals surface area (Å²) < 4.78 is 5.21. The van der Waals surface area contributed by atoms with Crippen LogP contribution in [0.1, 0.15) is 38.2 Å². The van der Waals surface area contributed by atoms with E-state index in [0.717, 1.165) is 5.56 Å². The molecule has 1 N–H and O–H groups in total. The van der Waals surface area contributed by atoms with Gasteiger partial charge in [-0.2, -0.15) is 0 Å². The molecule has 1 aliphatic carbocycles. The highest BCUT2D eigenvalue weighted by atomic mass is 16.5. The third kappa shape index (κ3) is 3.76. The van der Waals surface area contributed by atoms with Gasteiger partial charge in [0.05, 0.1) is 0 Å². The fourth-order valence-electron chi connectivity index (χ4n) is 2.53. The van der Waals surface area contributed by atoms with Crippen molar-refractivity contribution in [1.82, 2.24) is 5.32 Å². The van der Waals surface area contributed by atoms with Crippen LogP contribution >= 0.6 is 0 Å². The standard InChI is InChI=1S/C15H21NO2/c1-12(14-9-5-6-10-14)16-15(17)18-11-13-7-3-2-4-8-13/h2-4,7-8,12,14H,5-6,9-11H2,1H3,(H,16,17)/t12-/m1/s1. The molecule has 98 valence electrons. The Hall–Kier alpha value is -1.51.